The Bertz CT molecular complexity index is 206. The van der Waals surface area contributed by atoms with Crippen LogP contribution in [0.25, 0.3) is 0 Å². The molecule has 0 radical (unpaired) electrons. The topological polar surface area (TPSA) is 35.2 Å². The molecule has 1 spiro atoms. The minimum Gasteiger partial charge on any atom is -0.381 e. The molecule has 3 rings (SSSR count). The summed E-state index contributed by atoms with van der Waals surface area (Å²) >= 11 is 0. The van der Waals surface area contributed by atoms with Crippen molar-refractivity contribution in [1.29, 1.82) is 0 Å². The lowest BCUT2D eigenvalue weighted by molar-refractivity contribution is -0.0257. The van der Waals surface area contributed by atoms with E-state index in [4.69, 9.17) is 10.5 Å². The Morgan fingerprint density at radius 2 is 1.92 bits per heavy atom. The summed E-state index contributed by atoms with van der Waals surface area (Å²) in [6.45, 7) is 1.91. The lowest BCUT2D eigenvalue weighted by atomic mass is 9.65. The molecule has 0 amide bonds. The van der Waals surface area contributed by atoms with Crippen molar-refractivity contribution in [2.75, 3.05) is 13.2 Å². The van der Waals surface area contributed by atoms with Crippen LogP contribution in [0.4, 0.5) is 0 Å². The summed E-state index contributed by atoms with van der Waals surface area (Å²) in [5.41, 5.74) is 6.88. The van der Waals surface area contributed by atoms with Gasteiger partial charge in [0.1, 0.15) is 0 Å². The van der Waals surface area contributed by atoms with Crippen molar-refractivity contribution in [1.82, 2.24) is 0 Å². The molecular formula is C11H19NO. The quantitative estimate of drug-likeness (QED) is 0.615. The third-order valence-corrected chi connectivity index (χ3v) is 4.88. The molecule has 0 aromatic carbocycles. The SMILES string of the molecule is N[C@@H]1[C@@H]2CCC(C2)C12CCOCC2. The van der Waals surface area contributed by atoms with Gasteiger partial charge in [0, 0.05) is 19.3 Å². The summed E-state index contributed by atoms with van der Waals surface area (Å²) in [7, 11) is 0. The van der Waals surface area contributed by atoms with Crippen molar-refractivity contribution in [3.8, 4) is 0 Å². The second-order valence-corrected chi connectivity index (χ2v) is 5.14. The Labute approximate surface area is 79.8 Å². The van der Waals surface area contributed by atoms with Crippen molar-refractivity contribution in [3.05, 3.63) is 0 Å². The molecule has 3 fully saturated rings. The Morgan fingerprint density at radius 3 is 2.54 bits per heavy atom. The highest BCUT2D eigenvalue weighted by atomic mass is 16.5. The molecule has 2 N–H and O–H groups in total. The van der Waals surface area contributed by atoms with Gasteiger partial charge in [-0.3, -0.25) is 0 Å². The van der Waals surface area contributed by atoms with Crippen molar-refractivity contribution in [2.24, 2.45) is 23.0 Å². The van der Waals surface area contributed by atoms with Gasteiger partial charge in [-0.25, -0.2) is 0 Å². The van der Waals surface area contributed by atoms with Crippen LogP contribution in [0.1, 0.15) is 32.1 Å². The average Bonchev–Trinajstić information content (AvgIpc) is 2.73. The third-order valence-electron chi connectivity index (χ3n) is 4.88. The minimum absolute atomic E-state index is 0.496. The molecule has 2 heteroatoms. The first-order valence-corrected chi connectivity index (χ1v) is 5.66. The molecule has 3 atom stereocenters. The normalized spacial score (nSPS) is 47.3. The summed E-state index contributed by atoms with van der Waals surface area (Å²) in [6.07, 6.45) is 6.72. The molecule has 2 bridgehead atoms. The number of nitrogens with two attached hydrogens (primary N) is 1. The van der Waals surface area contributed by atoms with Crippen LogP contribution in [0.5, 0.6) is 0 Å². The van der Waals surface area contributed by atoms with E-state index in [1.165, 1.54) is 32.1 Å². The molecule has 13 heavy (non-hydrogen) atoms. The summed E-state index contributed by atoms with van der Waals surface area (Å²) in [4.78, 5) is 0. The fourth-order valence-corrected chi connectivity index (χ4v) is 4.10. The zero-order valence-corrected chi connectivity index (χ0v) is 8.17. The fraction of sp³-hybridized carbons (Fsp3) is 1.00. The first-order valence-electron chi connectivity index (χ1n) is 5.66. The van der Waals surface area contributed by atoms with Gasteiger partial charge in [0.15, 0.2) is 0 Å². The Kier molecular flexibility index (Phi) is 1.72. The largest absolute Gasteiger partial charge is 0.381 e. The van der Waals surface area contributed by atoms with Gasteiger partial charge < -0.3 is 10.5 Å². The minimum atomic E-state index is 0.496. The second-order valence-electron chi connectivity index (χ2n) is 5.14. The second kappa shape index (κ2) is 2.71. The Hall–Kier alpha value is -0.0800. The first-order chi connectivity index (χ1) is 6.33. The van der Waals surface area contributed by atoms with Crippen molar-refractivity contribution in [3.63, 3.8) is 0 Å². The predicted molar refractivity (Wildman–Crippen MR) is 51.3 cm³/mol. The molecule has 1 unspecified atom stereocenters. The first kappa shape index (κ1) is 8.25. The Morgan fingerprint density at radius 1 is 1.15 bits per heavy atom. The molecule has 1 heterocycles. The molecule has 3 aliphatic rings. The van der Waals surface area contributed by atoms with E-state index in [9.17, 15) is 0 Å². The molecule has 0 aromatic rings. The number of rotatable bonds is 0. The van der Waals surface area contributed by atoms with Gasteiger partial charge in [-0.05, 0) is 49.4 Å². The van der Waals surface area contributed by atoms with Crippen molar-refractivity contribution in [2.45, 2.75) is 38.1 Å². The van der Waals surface area contributed by atoms with E-state index >= 15 is 0 Å². The molecule has 1 aliphatic heterocycles. The predicted octanol–water partition coefficient (Wildman–Crippen LogP) is 1.54. The monoisotopic (exact) mass is 181 g/mol. The van der Waals surface area contributed by atoms with Gasteiger partial charge in [-0.1, -0.05) is 0 Å². The average molecular weight is 181 g/mol. The standard InChI is InChI=1S/C11H19NO/c12-10-8-1-2-9(7-8)11(10)3-5-13-6-4-11/h8-10H,1-7,12H2/t8-,9?,10-/m1/s1. The summed E-state index contributed by atoms with van der Waals surface area (Å²) in [5.74, 6) is 1.79. The van der Waals surface area contributed by atoms with E-state index in [0.717, 1.165) is 25.0 Å². The summed E-state index contributed by atoms with van der Waals surface area (Å²) in [6, 6.07) is 0.496. The molecule has 74 valence electrons. The zero-order chi connectivity index (χ0) is 8.89. The van der Waals surface area contributed by atoms with Crippen LogP contribution in [0.2, 0.25) is 0 Å². The molecule has 2 saturated carbocycles. The molecule has 2 aliphatic carbocycles. The molecular weight excluding hydrogens is 162 g/mol. The van der Waals surface area contributed by atoms with Crippen LogP contribution in [0.15, 0.2) is 0 Å². The third kappa shape index (κ3) is 0.962. The number of ether oxygens (including phenoxy) is 1. The van der Waals surface area contributed by atoms with Gasteiger partial charge in [0.05, 0.1) is 0 Å². The van der Waals surface area contributed by atoms with Gasteiger partial charge in [0.2, 0.25) is 0 Å². The van der Waals surface area contributed by atoms with Crippen molar-refractivity contribution >= 4 is 0 Å². The molecule has 0 aromatic heterocycles. The van der Waals surface area contributed by atoms with Gasteiger partial charge in [-0.2, -0.15) is 0 Å². The highest BCUT2D eigenvalue weighted by Gasteiger charge is 2.56. The maximum absolute atomic E-state index is 6.37. The van der Waals surface area contributed by atoms with Crippen LogP contribution in [-0.2, 0) is 4.74 Å². The van der Waals surface area contributed by atoms with Crippen LogP contribution in [0, 0.1) is 17.3 Å². The van der Waals surface area contributed by atoms with E-state index in [1.54, 1.807) is 0 Å². The lowest BCUT2D eigenvalue weighted by Gasteiger charge is -2.45. The van der Waals surface area contributed by atoms with Gasteiger partial charge >= 0.3 is 0 Å². The van der Waals surface area contributed by atoms with Gasteiger partial charge in [-0.15, -0.1) is 0 Å². The highest BCUT2D eigenvalue weighted by molar-refractivity contribution is 5.08. The van der Waals surface area contributed by atoms with E-state index < -0.39 is 0 Å². The summed E-state index contributed by atoms with van der Waals surface area (Å²) < 4.78 is 5.46. The van der Waals surface area contributed by atoms with Gasteiger partial charge in [0.25, 0.3) is 0 Å². The van der Waals surface area contributed by atoms with E-state index in [-0.39, 0.29) is 0 Å². The van der Waals surface area contributed by atoms with Crippen LogP contribution < -0.4 is 5.73 Å². The lowest BCUT2D eigenvalue weighted by Crippen LogP contribution is -2.49. The molecule has 2 nitrogen and oxygen atoms in total. The highest BCUT2D eigenvalue weighted by Crippen LogP contribution is 2.59. The number of hydrogen-bond donors (Lipinski definition) is 1. The smallest absolute Gasteiger partial charge is 0.0472 e. The number of fused-ring (bicyclic) bond motifs is 3. The van der Waals surface area contributed by atoms with Crippen LogP contribution in [0.3, 0.4) is 0 Å². The van der Waals surface area contributed by atoms with Crippen LogP contribution in [-0.4, -0.2) is 19.3 Å². The van der Waals surface area contributed by atoms with Crippen LogP contribution >= 0.6 is 0 Å². The molecule has 1 saturated heterocycles. The maximum Gasteiger partial charge on any atom is 0.0472 e. The fourth-order valence-electron chi connectivity index (χ4n) is 4.10. The number of hydrogen-bond acceptors (Lipinski definition) is 2. The van der Waals surface area contributed by atoms with E-state index in [0.29, 0.717) is 11.5 Å². The van der Waals surface area contributed by atoms with E-state index in [1.807, 2.05) is 0 Å². The van der Waals surface area contributed by atoms with E-state index in [2.05, 4.69) is 0 Å². The van der Waals surface area contributed by atoms with Crippen molar-refractivity contribution < 1.29 is 4.74 Å². The Balaban J connectivity index is 1.88. The maximum atomic E-state index is 6.37. The summed E-state index contributed by atoms with van der Waals surface area (Å²) in [5, 5.41) is 0. The zero-order valence-electron chi connectivity index (χ0n) is 8.17.